The number of nitriles is 1. The molecule has 0 fully saturated rings. The Labute approximate surface area is 146 Å². The van der Waals surface area contributed by atoms with Gasteiger partial charge in [-0.3, -0.25) is 0 Å². The lowest BCUT2D eigenvalue weighted by Gasteiger charge is -2.11. The lowest BCUT2D eigenvalue weighted by molar-refractivity contribution is 0.0602. The van der Waals surface area contributed by atoms with Gasteiger partial charge in [-0.25, -0.2) is 4.79 Å². The molecule has 0 saturated carbocycles. The van der Waals surface area contributed by atoms with E-state index in [4.69, 9.17) is 4.74 Å². The van der Waals surface area contributed by atoms with Crippen molar-refractivity contribution in [2.45, 2.75) is 33.2 Å². The van der Waals surface area contributed by atoms with E-state index in [9.17, 15) is 15.2 Å². The zero-order valence-electron chi connectivity index (χ0n) is 14.6. The zero-order chi connectivity index (χ0) is 18.1. The van der Waals surface area contributed by atoms with E-state index in [1.165, 1.54) is 7.11 Å². The van der Waals surface area contributed by atoms with Crippen molar-refractivity contribution in [3.8, 4) is 11.8 Å². The van der Waals surface area contributed by atoms with Crippen LogP contribution in [0.25, 0.3) is 21.7 Å². The fourth-order valence-corrected chi connectivity index (χ4v) is 3.47. The van der Waals surface area contributed by atoms with E-state index < -0.39 is 5.97 Å². The van der Waals surface area contributed by atoms with E-state index in [1.807, 2.05) is 25.1 Å². The van der Waals surface area contributed by atoms with Crippen LogP contribution < -0.4 is 0 Å². The summed E-state index contributed by atoms with van der Waals surface area (Å²) < 4.78 is 7.01. The molecule has 5 nitrogen and oxygen atoms in total. The van der Waals surface area contributed by atoms with Crippen LogP contribution in [0.1, 0.15) is 41.4 Å². The van der Waals surface area contributed by atoms with Gasteiger partial charge in [0.15, 0.2) is 0 Å². The Hall–Kier alpha value is -3.00. The van der Waals surface area contributed by atoms with Crippen LogP contribution in [0.4, 0.5) is 0 Å². The number of carbonyl (C=O) groups excluding carboxylic acids is 1. The minimum absolute atomic E-state index is 0.0941. The first-order chi connectivity index (χ1) is 12.1. The summed E-state index contributed by atoms with van der Waals surface area (Å²) >= 11 is 0. The molecule has 128 valence electrons. The average Bonchev–Trinajstić information content (AvgIpc) is 2.92. The lowest BCUT2D eigenvalue weighted by atomic mass is 9.98. The summed E-state index contributed by atoms with van der Waals surface area (Å²) in [5, 5.41) is 22.2. The molecule has 0 aliphatic heterocycles. The number of aryl methyl sites for hydroxylation is 1. The van der Waals surface area contributed by atoms with Crippen molar-refractivity contribution in [1.82, 2.24) is 4.57 Å². The Morgan fingerprint density at radius 1 is 1.32 bits per heavy atom. The smallest absolute Gasteiger partial charge is 0.340 e. The number of aromatic hydroxyl groups is 1. The molecule has 1 N–H and O–H groups in total. The third-order valence-corrected chi connectivity index (χ3v) is 4.68. The van der Waals surface area contributed by atoms with Gasteiger partial charge in [-0.15, -0.1) is 0 Å². The minimum atomic E-state index is -0.496. The van der Waals surface area contributed by atoms with Crippen LogP contribution in [0.2, 0.25) is 0 Å². The molecular weight excluding hydrogens is 316 g/mol. The molecular formula is C20H20N2O3. The minimum Gasteiger partial charge on any atom is -0.506 e. The Kier molecular flexibility index (Phi) is 4.37. The van der Waals surface area contributed by atoms with Gasteiger partial charge >= 0.3 is 5.97 Å². The summed E-state index contributed by atoms with van der Waals surface area (Å²) in [5.41, 5.74) is 2.03. The summed E-state index contributed by atoms with van der Waals surface area (Å²) in [6.45, 7) is 4.69. The highest BCUT2D eigenvalue weighted by atomic mass is 16.5. The van der Waals surface area contributed by atoms with E-state index in [2.05, 4.69) is 17.6 Å². The number of hydrogen-bond acceptors (Lipinski definition) is 4. The first-order valence-electron chi connectivity index (χ1n) is 8.31. The van der Waals surface area contributed by atoms with Gasteiger partial charge in [0, 0.05) is 28.4 Å². The SMILES string of the molecule is CCCCn1c(C)c(C(=O)OC)c2c(C#N)c(O)c3ccccc3c21. The molecule has 3 rings (SSSR count). The Morgan fingerprint density at radius 3 is 2.60 bits per heavy atom. The van der Waals surface area contributed by atoms with Crippen LogP contribution in [0, 0.1) is 18.3 Å². The Morgan fingerprint density at radius 2 is 2.00 bits per heavy atom. The van der Waals surface area contributed by atoms with Crippen molar-refractivity contribution in [2.24, 2.45) is 0 Å². The number of phenols is 1. The number of fused-ring (bicyclic) bond motifs is 3. The summed E-state index contributed by atoms with van der Waals surface area (Å²) in [6.07, 6.45) is 1.95. The molecule has 0 spiro atoms. The highest BCUT2D eigenvalue weighted by molar-refractivity contribution is 6.18. The monoisotopic (exact) mass is 336 g/mol. The van der Waals surface area contributed by atoms with Crippen molar-refractivity contribution >= 4 is 27.6 Å². The fourth-order valence-electron chi connectivity index (χ4n) is 3.47. The summed E-state index contributed by atoms with van der Waals surface area (Å²) in [6, 6.07) is 9.47. The summed E-state index contributed by atoms with van der Waals surface area (Å²) in [7, 11) is 1.32. The topological polar surface area (TPSA) is 75.2 Å². The molecule has 0 aliphatic rings. The molecule has 0 bridgehead atoms. The van der Waals surface area contributed by atoms with E-state index in [-0.39, 0.29) is 11.3 Å². The number of rotatable bonds is 4. The largest absolute Gasteiger partial charge is 0.506 e. The van der Waals surface area contributed by atoms with Crippen molar-refractivity contribution < 1.29 is 14.6 Å². The number of nitrogens with zero attached hydrogens (tertiary/aromatic N) is 2. The standard InChI is InChI=1S/C20H20N2O3/c1-4-5-10-22-12(2)16(20(24)25-3)17-15(11-21)19(23)14-9-7-6-8-13(14)18(17)22/h6-9,23H,4-5,10H2,1-3H3. The lowest BCUT2D eigenvalue weighted by Crippen LogP contribution is -2.05. The van der Waals surface area contributed by atoms with Crippen molar-refractivity contribution in [1.29, 1.82) is 5.26 Å². The number of carbonyl (C=O) groups is 1. The molecule has 0 atom stereocenters. The molecule has 0 saturated heterocycles. The van der Waals surface area contributed by atoms with E-state index in [0.29, 0.717) is 16.3 Å². The number of unbranched alkanes of at least 4 members (excludes halogenated alkanes) is 1. The maximum absolute atomic E-state index is 12.4. The molecule has 3 aromatic rings. The van der Waals surface area contributed by atoms with Crippen molar-refractivity contribution in [3.63, 3.8) is 0 Å². The van der Waals surface area contributed by atoms with Crippen LogP contribution >= 0.6 is 0 Å². The average molecular weight is 336 g/mol. The van der Waals surface area contributed by atoms with Crippen LogP contribution in [-0.4, -0.2) is 22.8 Å². The first kappa shape index (κ1) is 16.8. The molecule has 2 aromatic carbocycles. The van der Waals surface area contributed by atoms with Gasteiger partial charge in [0.1, 0.15) is 17.4 Å². The van der Waals surface area contributed by atoms with Gasteiger partial charge in [-0.05, 0) is 13.3 Å². The van der Waals surface area contributed by atoms with Gasteiger partial charge in [0.25, 0.3) is 0 Å². The molecule has 0 amide bonds. The second-order valence-electron chi connectivity index (χ2n) is 6.06. The maximum atomic E-state index is 12.4. The number of ether oxygens (including phenoxy) is 1. The van der Waals surface area contributed by atoms with Crippen molar-refractivity contribution in [3.05, 3.63) is 41.1 Å². The molecule has 0 aliphatic carbocycles. The molecule has 25 heavy (non-hydrogen) atoms. The number of aromatic nitrogens is 1. The van der Waals surface area contributed by atoms with Gasteiger partial charge in [-0.1, -0.05) is 37.6 Å². The van der Waals surface area contributed by atoms with Gasteiger partial charge in [0.2, 0.25) is 0 Å². The zero-order valence-corrected chi connectivity index (χ0v) is 14.6. The molecule has 5 heteroatoms. The van der Waals surface area contributed by atoms with Crippen molar-refractivity contribution in [2.75, 3.05) is 7.11 Å². The predicted molar refractivity (Wildman–Crippen MR) is 96.8 cm³/mol. The quantitative estimate of drug-likeness (QED) is 0.722. The number of esters is 1. The first-order valence-corrected chi connectivity index (χ1v) is 8.31. The predicted octanol–water partition coefficient (Wildman–Crippen LogP) is 4.27. The highest BCUT2D eigenvalue weighted by Gasteiger charge is 2.27. The summed E-state index contributed by atoms with van der Waals surface area (Å²) in [5.74, 6) is -0.590. The van der Waals surface area contributed by atoms with E-state index >= 15 is 0 Å². The second-order valence-corrected chi connectivity index (χ2v) is 6.06. The van der Waals surface area contributed by atoms with Crippen LogP contribution in [-0.2, 0) is 11.3 Å². The highest BCUT2D eigenvalue weighted by Crippen LogP contribution is 2.41. The van der Waals surface area contributed by atoms with Gasteiger partial charge in [0.05, 0.1) is 18.2 Å². The summed E-state index contributed by atoms with van der Waals surface area (Å²) in [4.78, 5) is 12.4. The molecule has 0 unspecified atom stereocenters. The number of phenolic OH excluding ortho intramolecular Hbond substituents is 1. The van der Waals surface area contributed by atoms with Crippen LogP contribution in [0.5, 0.6) is 5.75 Å². The van der Waals surface area contributed by atoms with Gasteiger partial charge < -0.3 is 14.4 Å². The van der Waals surface area contributed by atoms with Gasteiger partial charge in [-0.2, -0.15) is 5.26 Å². The number of benzene rings is 2. The third kappa shape index (κ3) is 2.42. The fraction of sp³-hybridized carbons (Fsp3) is 0.300. The Bertz CT molecular complexity index is 1030. The van der Waals surface area contributed by atoms with Crippen LogP contribution in [0.15, 0.2) is 24.3 Å². The number of methoxy groups -OCH3 is 1. The Balaban J connectivity index is 2.59. The van der Waals surface area contributed by atoms with E-state index in [0.717, 1.165) is 36.0 Å². The third-order valence-electron chi connectivity index (χ3n) is 4.68. The molecule has 1 aromatic heterocycles. The number of hydrogen-bond donors (Lipinski definition) is 1. The van der Waals surface area contributed by atoms with E-state index in [1.54, 1.807) is 6.07 Å². The molecule has 1 heterocycles. The molecule has 0 radical (unpaired) electrons. The van der Waals surface area contributed by atoms with Crippen LogP contribution in [0.3, 0.4) is 0 Å². The second kappa shape index (κ2) is 6.48. The maximum Gasteiger partial charge on any atom is 0.340 e. The normalized spacial score (nSPS) is 11.0.